The van der Waals surface area contributed by atoms with Crippen molar-refractivity contribution in [3.63, 3.8) is 0 Å². The molecule has 0 unspecified atom stereocenters. The lowest BCUT2D eigenvalue weighted by atomic mass is 10.1. The van der Waals surface area contributed by atoms with Gasteiger partial charge in [0.1, 0.15) is 5.75 Å². The summed E-state index contributed by atoms with van der Waals surface area (Å²) in [4.78, 5) is 26.6. The normalized spacial score (nSPS) is 17.8. The van der Waals surface area contributed by atoms with Crippen LogP contribution in [0.5, 0.6) is 5.75 Å². The fourth-order valence-corrected chi connectivity index (χ4v) is 4.74. The van der Waals surface area contributed by atoms with Gasteiger partial charge in [0.05, 0.1) is 18.7 Å². The van der Waals surface area contributed by atoms with Crippen LogP contribution in [-0.2, 0) is 9.59 Å². The fraction of sp³-hybridized carbons (Fsp3) is 0.444. The van der Waals surface area contributed by atoms with Gasteiger partial charge in [-0.15, -0.1) is 10.2 Å². The molecule has 2 atom stereocenters. The van der Waals surface area contributed by atoms with Crippen molar-refractivity contribution in [2.45, 2.75) is 36.3 Å². The number of carbonyl (C=O) groups excluding carboxylic acids is 2. The number of aromatic nitrogens is 2. The molecule has 2 aromatic rings. The summed E-state index contributed by atoms with van der Waals surface area (Å²) in [6.45, 7) is 4.56. The first-order chi connectivity index (χ1) is 13.0. The van der Waals surface area contributed by atoms with Crippen LogP contribution in [0.15, 0.2) is 28.6 Å². The van der Waals surface area contributed by atoms with Crippen LogP contribution >= 0.6 is 23.1 Å². The lowest BCUT2D eigenvalue weighted by Crippen LogP contribution is -2.28. The van der Waals surface area contributed by atoms with Crippen molar-refractivity contribution in [1.82, 2.24) is 10.2 Å². The number of amides is 2. The van der Waals surface area contributed by atoms with Crippen LogP contribution in [0.4, 0.5) is 10.8 Å². The first kappa shape index (κ1) is 19.6. The highest BCUT2D eigenvalue weighted by molar-refractivity contribution is 8.01. The minimum atomic E-state index is -0.433. The van der Waals surface area contributed by atoms with Gasteiger partial charge in [-0.2, -0.15) is 0 Å². The molecule has 1 aromatic heterocycles. The van der Waals surface area contributed by atoms with Gasteiger partial charge in [0.25, 0.3) is 0 Å². The molecule has 2 amide bonds. The number of ether oxygens (including phenoxy) is 1. The van der Waals surface area contributed by atoms with Gasteiger partial charge in [-0.1, -0.05) is 49.1 Å². The Bertz CT molecular complexity index is 826. The van der Waals surface area contributed by atoms with Crippen molar-refractivity contribution in [2.24, 2.45) is 5.92 Å². The maximum absolute atomic E-state index is 12.6. The summed E-state index contributed by atoms with van der Waals surface area (Å²) in [7, 11) is 1.56. The highest BCUT2D eigenvalue weighted by atomic mass is 32.2. The summed E-state index contributed by atoms with van der Waals surface area (Å²) in [5.41, 5.74) is 0.684. The number of nitrogens with zero attached hydrogens (tertiary/aromatic N) is 3. The summed E-state index contributed by atoms with van der Waals surface area (Å²) >= 11 is 3.00. The van der Waals surface area contributed by atoms with E-state index < -0.39 is 5.92 Å². The van der Waals surface area contributed by atoms with Crippen LogP contribution in [0.2, 0.25) is 0 Å². The maximum atomic E-state index is 12.6. The standard InChI is InChI=1S/C18H22N4O3S2/c1-4-11(2)26-18-21-20-17(27-18)19-16(24)12-9-15(23)22(10-12)13-7-5-6-8-14(13)25-3/h5-8,11-12H,4,9-10H2,1-3H3,(H,19,20,24)/t11-,12-/m1/s1. The number of benzene rings is 1. The largest absolute Gasteiger partial charge is 0.495 e. The van der Waals surface area contributed by atoms with E-state index >= 15 is 0 Å². The number of hydrogen-bond donors (Lipinski definition) is 1. The minimum Gasteiger partial charge on any atom is -0.495 e. The molecule has 144 valence electrons. The molecule has 2 heterocycles. The quantitative estimate of drug-likeness (QED) is 0.560. The van der Waals surface area contributed by atoms with E-state index in [1.54, 1.807) is 29.8 Å². The van der Waals surface area contributed by atoms with Crippen molar-refractivity contribution in [1.29, 1.82) is 0 Å². The second-order valence-corrected chi connectivity index (χ2v) is 8.94. The highest BCUT2D eigenvalue weighted by Crippen LogP contribution is 2.34. The van der Waals surface area contributed by atoms with Crippen LogP contribution in [0.1, 0.15) is 26.7 Å². The fourth-order valence-electron chi connectivity index (χ4n) is 2.74. The van der Waals surface area contributed by atoms with E-state index in [0.29, 0.717) is 28.4 Å². The van der Waals surface area contributed by atoms with Crippen molar-refractivity contribution in [3.05, 3.63) is 24.3 Å². The molecule has 7 nitrogen and oxygen atoms in total. The predicted octanol–water partition coefficient (Wildman–Crippen LogP) is 3.43. The van der Waals surface area contributed by atoms with E-state index in [9.17, 15) is 9.59 Å². The second-order valence-electron chi connectivity index (χ2n) is 6.28. The van der Waals surface area contributed by atoms with Crippen molar-refractivity contribution in [3.8, 4) is 5.75 Å². The molecule has 1 aliphatic rings. The average molecular weight is 407 g/mol. The molecule has 27 heavy (non-hydrogen) atoms. The summed E-state index contributed by atoms with van der Waals surface area (Å²) < 4.78 is 6.16. The Morgan fingerprint density at radius 3 is 2.96 bits per heavy atom. The predicted molar refractivity (Wildman–Crippen MR) is 108 cm³/mol. The first-order valence-corrected chi connectivity index (χ1v) is 10.5. The van der Waals surface area contributed by atoms with Crippen molar-refractivity contribution in [2.75, 3.05) is 23.9 Å². The molecular weight excluding hydrogens is 384 g/mol. The van der Waals surface area contributed by atoms with Gasteiger partial charge < -0.3 is 15.0 Å². The number of anilines is 2. The van der Waals surface area contributed by atoms with Crippen LogP contribution < -0.4 is 15.0 Å². The molecule has 1 fully saturated rings. The van der Waals surface area contributed by atoms with Crippen LogP contribution in [-0.4, -0.2) is 40.9 Å². The highest BCUT2D eigenvalue weighted by Gasteiger charge is 2.36. The third kappa shape index (κ3) is 4.59. The molecular formula is C18H22N4O3S2. The molecule has 0 saturated carbocycles. The van der Waals surface area contributed by atoms with E-state index in [4.69, 9.17) is 4.74 Å². The number of nitrogens with one attached hydrogen (secondary N) is 1. The number of para-hydroxylation sites is 2. The van der Waals surface area contributed by atoms with Crippen LogP contribution in [0.25, 0.3) is 0 Å². The van der Waals surface area contributed by atoms with Gasteiger partial charge in [0, 0.05) is 18.2 Å². The SMILES string of the molecule is CC[C@@H](C)Sc1nnc(NC(=O)[C@@H]2CC(=O)N(c3ccccc3OC)C2)s1. The Balaban J connectivity index is 1.64. The van der Waals surface area contributed by atoms with Crippen molar-refractivity contribution >= 4 is 45.7 Å². The number of methoxy groups -OCH3 is 1. The molecule has 1 N–H and O–H groups in total. The lowest BCUT2D eigenvalue weighted by molar-refractivity contribution is -0.122. The molecule has 9 heteroatoms. The van der Waals surface area contributed by atoms with Gasteiger partial charge >= 0.3 is 0 Å². The first-order valence-electron chi connectivity index (χ1n) is 8.76. The monoisotopic (exact) mass is 406 g/mol. The van der Waals surface area contributed by atoms with E-state index in [2.05, 4.69) is 29.4 Å². The summed E-state index contributed by atoms with van der Waals surface area (Å²) in [5, 5.41) is 11.9. The third-order valence-corrected chi connectivity index (χ3v) is 6.58. The van der Waals surface area contributed by atoms with Gasteiger partial charge in [-0.3, -0.25) is 9.59 Å². The van der Waals surface area contributed by atoms with Crippen LogP contribution in [0.3, 0.4) is 0 Å². The molecule has 1 aliphatic heterocycles. The molecule has 1 aromatic carbocycles. The van der Waals surface area contributed by atoms with Crippen LogP contribution in [0, 0.1) is 5.92 Å². The molecule has 0 bridgehead atoms. The number of hydrogen-bond acceptors (Lipinski definition) is 7. The second kappa shape index (κ2) is 8.71. The lowest BCUT2D eigenvalue weighted by Gasteiger charge is -2.19. The Hall–Kier alpha value is -2.13. The van der Waals surface area contributed by atoms with Gasteiger partial charge in [-0.05, 0) is 18.6 Å². The smallest absolute Gasteiger partial charge is 0.231 e. The van der Waals surface area contributed by atoms with Gasteiger partial charge in [0.15, 0.2) is 4.34 Å². The van der Waals surface area contributed by atoms with E-state index in [1.165, 1.54) is 11.3 Å². The zero-order valence-electron chi connectivity index (χ0n) is 15.5. The van der Waals surface area contributed by atoms with Gasteiger partial charge in [-0.25, -0.2) is 0 Å². The minimum absolute atomic E-state index is 0.0927. The van der Waals surface area contributed by atoms with E-state index in [0.717, 1.165) is 10.8 Å². The molecule has 1 saturated heterocycles. The number of thioether (sulfide) groups is 1. The zero-order valence-corrected chi connectivity index (χ0v) is 17.1. The Kier molecular flexibility index (Phi) is 6.33. The van der Waals surface area contributed by atoms with E-state index in [1.807, 2.05) is 18.2 Å². The summed E-state index contributed by atoms with van der Waals surface area (Å²) in [6.07, 6.45) is 1.20. The topological polar surface area (TPSA) is 84.4 Å². The number of carbonyl (C=O) groups is 2. The van der Waals surface area contributed by atoms with Gasteiger partial charge in [0.2, 0.25) is 16.9 Å². The molecule has 0 aliphatic carbocycles. The van der Waals surface area contributed by atoms with Crippen molar-refractivity contribution < 1.29 is 14.3 Å². The number of rotatable bonds is 7. The maximum Gasteiger partial charge on any atom is 0.231 e. The summed E-state index contributed by atoms with van der Waals surface area (Å²) in [5.74, 6) is -0.123. The molecule has 0 spiro atoms. The zero-order chi connectivity index (χ0) is 19.4. The average Bonchev–Trinajstić information content (AvgIpc) is 3.27. The third-order valence-electron chi connectivity index (χ3n) is 4.39. The molecule has 0 radical (unpaired) electrons. The Morgan fingerprint density at radius 1 is 1.44 bits per heavy atom. The molecule has 3 rings (SSSR count). The Labute approximate surface area is 166 Å². The Morgan fingerprint density at radius 2 is 2.22 bits per heavy atom. The van der Waals surface area contributed by atoms with E-state index in [-0.39, 0.29) is 18.2 Å². The summed E-state index contributed by atoms with van der Waals surface area (Å²) in [6, 6.07) is 7.31.